The molecule has 120 valence electrons. The Bertz CT molecular complexity index is 688. The van der Waals surface area contributed by atoms with Crippen molar-refractivity contribution in [2.45, 2.75) is 32.1 Å². The highest BCUT2D eigenvalue weighted by molar-refractivity contribution is 5.48. The van der Waals surface area contributed by atoms with Gasteiger partial charge in [0.2, 0.25) is 0 Å². The first-order valence-corrected chi connectivity index (χ1v) is 8.06. The van der Waals surface area contributed by atoms with E-state index in [9.17, 15) is 10.1 Å². The molecule has 1 aliphatic heterocycles. The monoisotopic (exact) mass is 311 g/mol. The third-order valence-corrected chi connectivity index (χ3v) is 4.59. The molecule has 1 aromatic heterocycles. The normalized spacial score (nSPS) is 18.5. The number of nitrogens with zero attached hydrogens (tertiary/aromatic N) is 3. The van der Waals surface area contributed by atoms with Crippen LogP contribution in [0.3, 0.4) is 0 Å². The van der Waals surface area contributed by atoms with Crippen LogP contribution in [-0.4, -0.2) is 23.0 Å². The maximum Gasteiger partial charge on any atom is 0.290 e. The van der Waals surface area contributed by atoms with Crippen molar-refractivity contribution in [1.82, 2.24) is 4.98 Å². The Morgan fingerprint density at radius 1 is 1.22 bits per heavy atom. The average molecular weight is 311 g/mol. The van der Waals surface area contributed by atoms with Gasteiger partial charge in [0.1, 0.15) is 12.0 Å². The fraction of sp³-hybridized carbons (Fsp3) is 0.389. The van der Waals surface area contributed by atoms with Gasteiger partial charge in [-0.05, 0) is 43.7 Å². The van der Waals surface area contributed by atoms with Gasteiger partial charge in [-0.25, -0.2) is 4.98 Å². The average Bonchev–Trinajstić information content (AvgIpc) is 2.81. The van der Waals surface area contributed by atoms with E-state index < -0.39 is 0 Å². The van der Waals surface area contributed by atoms with Gasteiger partial charge in [-0.2, -0.15) is 0 Å². The fourth-order valence-corrected chi connectivity index (χ4v) is 3.28. The molecule has 1 saturated heterocycles. The summed E-state index contributed by atoms with van der Waals surface area (Å²) in [6.45, 7) is 3.66. The zero-order chi connectivity index (χ0) is 16.2. The van der Waals surface area contributed by atoms with Crippen LogP contribution in [0.25, 0.3) is 0 Å². The van der Waals surface area contributed by atoms with Crippen LogP contribution < -0.4 is 4.90 Å². The first kappa shape index (κ1) is 15.5. The molecule has 0 bridgehead atoms. The van der Waals surface area contributed by atoms with Crippen molar-refractivity contribution in [3.63, 3.8) is 0 Å². The summed E-state index contributed by atoms with van der Waals surface area (Å²) in [5.41, 5.74) is 2.16. The molecule has 5 heteroatoms. The molecule has 0 saturated carbocycles. The summed E-state index contributed by atoms with van der Waals surface area (Å²) >= 11 is 0. The second-order valence-electron chi connectivity index (χ2n) is 6.11. The number of rotatable bonds is 3. The van der Waals surface area contributed by atoms with Crippen molar-refractivity contribution in [1.29, 1.82) is 0 Å². The summed E-state index contributed by atoms with van der Waals surface area (Å²) in [7, 11) is 0. The summed E-state index contributed by atoms with van der Waals surface area (Å²) in [6, 6.07) is 12.5. The third-order valence-electron chi connectivity index (χ3n) is 4.59. The number of aromatic nitrogens is 1. The predicted molar refractivity (Wildman–Crippen MR) is 90.9 cm³/mol. The Balaban J connectivity index is 1.73. The van der Waals surface area contributed by atoms with Gasteiger partial charge in [0, 0.05) is 18.7 Å². The molecular formula is C18H21N3O2. The maximum absolute atomic E-state index is 10.9. The quantitative estimate of drug-likeness (QED) is 0.633. The van der Waals surface area contributed by atoms with E-state index in [4.69, 9.17) is 0 Å². The van der Waals surface area contributed by atoms with E-state index >= 15 is 0 Å². The fourth-order valence-electron chi connectivity index (χ4n) is 3.28. The lowest BCUT2D eigenvalue weighted by Gasteiger charge is -2.22. The van der Waals surface area contributed by atoms with Crippen LogP contribution in [0.4, 0.5) is 11.5 Å². The van der Waals surface area contributed by atoms with Crippen molar-refractivity contribution in [3.05, 3.63) is 63.8 Å². The lowest BCUT2D eigenvalue weighted by atomic mass is 9.92. The van der Waals surface area contributed by atoms with Crippen LogP contribution in [0, 0.1) is 17.0 Å². The summed E-state index contributed by atoms with van der Waals surface area (Å²) < 4.78 is 0. The van der Waals surface area contributed by atoms with Crippen LogP contribution in [0.2, 0.25) is 0 Å². The number of benzene rings is 1. The van der Waals surface area contributed by atoms with Crippen molar-refractivity contribution in [2.75, 3.05) is 18.0 Å². The van der Waals surface area contributed by atoms with Crippen LogP contribution in [0.1, 0.15) is 36.3 Å². The van der Waals surface area contributed by atoms with E-state index in [1.165, 1.54) is 18.2 Å². The molecule has 0 N–H and O–H groups in total. The van der Waals surface area contributed by atoms with Gasteiger partial charge in [-0.3, -0.25) is 10.1 Å². The van der Waals surface area contributed by atoms with Crippen LogP contribution in [-0.2, 0) is 0 Å². The molecule has 0 spiro atoms. The minimum Gasteiger partial charge on any atom is -0.357 e. The molecule has 0 amide bonds. The zero-order valence-electron chi connectivity index (χ0n) is 13.3. The standard InChI is InChI=1S/C18H21N3O2/c1-14-12-18(19-13-17(14)21(22)23)20-10-5-8-16(9-11-20)15-6-3-2-4-7-15/h2-4,6-7,12-13,16H,5,8-11H2,1H3. The highest BCUT2D eigenvalue weighted by atomic mass is 16.6. The Labute approximate surface area is 136 Å². The molecule has 0 radical (unpaired) electrons. The smallest absolute Gasteiger partial charge is 0.290 e. The number of hydrogen-bond donors (Lipinski definition) is 0. The van der Waals surface area contributed by atoms with E-state index in [-0.39, 0.29) is 10.6 Å². The zero-order valence-corrected chi connectivity index (χ0v) is 13.3. The summed E-state index contributed by atoms with van der Waals surface area (Å²) in [5.74, 6) is 1.43. The Morgan fingerprint density at radius 2 is 2.00 bits per heavy atom. The van der Waals surface area contributed by atoms with Gasteiger partial charge in [-0.1, -0.05) is 30.3 Å². The lowest BCUT2D eigenvalue weighted by molar-refractivity contribution is -0.385. The molecule has 3 rings (SSSR count). The largest absolute Gasteiger partial charge is 0.357 e. The minimum atomic E-state index is -0.375. The summed E-state index contributed by atoms with van der Waals surface area (Å²) in [6.07, 6.45) is 4.75. The number of anilines is 1. The van der Waals surface area contributed by atoms with Crippen LogP contribution >= 0.6 is 0 Å². The molecule has 2 aromatic rings. The van der Waals surface area contributed by atoms with Gasteiger partial charge in [-0.15, -0.1) is 0 Å². The summed E-state index contributed by atoms with van der Waals surface area (Å²) in [5, 5.41) is 10.9. The summed E-state index contributed by atoms with van der Waals surface area (Å²) in [4.78, 5) is 17.1. The van der Waals surface area contributed by atoms with E-state index in [1.54, 1.807) is 6.92 Å². The SMILES string of the molecule is Cc1cc(N2CCCC(c3ccccc3)CC2)ncc1[N+](=O)[O-]. The second-order valence-corrected chi connectivity index (χ2v) is 6.11. The number of hydrogen-bond acceptors (Lipinski definition) is 4. The minimum absolute atomic E-state index is 0.0886. The van der Waals surface area contributed by atoms with Crippen LogP contribution in [0.5, 0.6) is 0 Å². The Kier molecular flexibility index (Phi) is 4.55. The molecule has 1 aliphatic rings. The van der Waals surface area contributed by atoms with Gasteiger partial charge >= 0.3 is 0 Å². The van der Waals surface area contributed by atoms with Crippen molar-refractivity contribution >= 4 is 11.5 Å². The van der Waals surface area contributed by atoms with Crippen molar-refractivity contribution in [2.24, 2.45) is 0 Å². The van der Waals surface area contributed by atoms with Crippen LogP contribution in [0.15, 0.2) is 42.6 Å². The predicted octanol–water partition coefficient (Wildman–Crippen LogP) is 4.07. The third kappa shape index (κ3) is 3.50. The highest BCUT2D eigenvalue weighted by Gasteiger charge is 2.20. The highest BCUT2D eigenvalue weighted by Crippen LogP contribution is 2.30. The van der Waals surface area contributed by atoms with Gasteiger partial charge < -0.3 is 4.90 Å². The number of aryl methyl sites for hydroxylation is 1. The molecule has 5 nitrogen and oxygen atoms in total. The van der Waals surface area contributed by atoms with Crippen molar-refractivity contribution < 1.29 is 4.92 Å². The maximum atomic E-state index is 10.9. The first-order valence-electron chi connectivity index (χ1n) is 8.06. The Morgan fingerprint density at radius 3 is 2.70 bits per heavy atom. The van der Waals surface area contributed by atoms with Gasteiger partial charge in [0.15, 0.2) is 0 Å². The van der Waals surface area contributed by atoms with E-state index in [2.05, 4.69) is 40.2 Å². The molecule has 1 fully saturated rings. The molecule has 1 atom stereocenters. The number of nitro groups is 1. The molecule has 1 aromatic carbocycles. The molecule has 1 unspecified atom stereocenters. The Hall–Kier alpha value is -2.43. The van der Waals surface area contributed by atoms with E-state index in [0.717, 1.165) is 31.7 Å². The van der Waals surface area contributed by atoms with Gasteiger partial charge in [0.25, 0.3) is 5.69 Å². The van der Waals surface area contributed by atoms with E-state index in [0.29, 0.717) is 11.5 Å². The molecule has 0 aliphatic carbocycles. The molecule has 2 heterocycles. The van der Waals surface area contributed by atoms with Crippen molar-refractivity contribution in [3.8, 4) is 0 Å². The van der Waals surface area contributed by atoms with E-state index in [1.807, 2.05) is 6.07 Å². The second kappa shape index (κ2) is 6.77. The molecule has 23 heavy (non-hydrogen) atoms. The molecular weight excluding hydrogens is 290 g/mol. The van der Waals surface area contributed by atoms with Gasteiger partial charge in [0.05, 0.1) is 4.92 Å². The first-order chi connectivity index (χ1) is 11.1. The lowest BCUT2D eigenvalue weighted by Crippen LogP contribution is -2.25. The topological polar surface area (TPSA) is 59.3 Å². The number of pyridine rings is 1.